The molecule has 7 nitrogen and oxygen atoms in total. The predicted octanol–water partition coefficient (Wildman–Crippen LogP) is 2.87. The molecule has 0 saturated carbocycles. The minimum Gasteiger partial charge on any atom is -0.311 e. The van der Waals surface area contributed by atoms with Gasteiger partial charge in [0.1, 0.15) is 11.6 Å². The molecule has 0 spiro atoms. The summed E-state index contributed by atoms with van der Waals surface area (Å²) in [5, 5.41) is 7.60. The lowest BCUT2D eigenvalue weighted by Gasteiger charge is -2.24. The lowest BCUT2D eigenvalue weighted by Crippen LogP contribution is -2.25. The van der Waals surface area contributed by atoms with Gasteiger partial charge in [-0.15, -0.1) is 0 Å². The molecule has 0 fully saturated rings. The number of aromatic nitrogens is 5. The highest BCUT2D eigenvalue weighted by atomic mass is 16.1. The number of carbonyl (C=O) groups is 1. The Balaban J connectivity index is 1.90. The Bertz CT molecular complexity index is 963. The van der Waals surface area contributed by atoms with E-state index in [1.807, 2.05) is 25.2 Å². The Morgan fingerprint density at radius 3 is 2.85 bits per heavy atom. The van der Waals surface area contributed by atoms with Crippen LogP contribution in [0.3, 0.4) is 0 Å². The minimum atomic E-state index is -0.164. The fraction of sp³-hybridized carbons (Fsp3) is 0.316. The van der Waals surface area contributed by atoms with Crippen LogP contribution < -0.4 is 5.32 Å². The number of pyridine rings is 1. The van der Waals surface area contributed by atoms with E-state index in [0.717, 1.165) is 34.2 Å². The van der Waals surface area contributed by atoms with Crippen molar-refractivity contribution in [3.8, 4) is 11.3 Å². The van der Waals surface area contributed by atoms with Crippen LogP contribution in [0.5, 0.6) is 0 Å². The van der Waals surface area contributed by atoms with Gasteiger partial charge in [-0.25, -0.2) is 9.97 Å². The van der Waals surface area contributed by atoms with E-state index < -0.39 is 0 Å². The van der Waals surface area contributed by atoms with Gasteiger partial charge in [-0.2, -0.15) is 5.10 Å². The van der Waals surface area contributed by atoms with E-state index in [0.29, 0.717) is 6.42 Å². The maximum Gasteiger partial charge on any atom is 0.226 e. The van der Waals surface area contributed by atoms with Crippen LogP contribution in [-0.4, -0.2) is 30.6 Å². The van der Waals surface area contributed by atoms with Gasteiger partial charge in [0.15, 0.2) is 0 Å². The molecule has 4 rings (SSSR count). The molecule has 0 aliphatic carbocycles. The minimum absolute atomic E-state index is 0.0343. The Labute approximate surface area is 151 Å². The third-order valence-electron chi connectivity index (χ3n) is 4.58. The number of fused-ring (bicyclic) bond motifs is 1. The maximum atomic E-state index is 12.3. The zero-order valence-corrected chi connectivity index (χ0v) is 15.0. The average molecular weight is 348 g/mol. The SMILES string of the molecule is CC(C)c1nccc([C@@H]2CC(=O)Nc3c2c(-c2cccnc2)nn3C)n1. The first-order chi connectivity index (χ1) is 12.5. The zero-order valence-electron chi connectivity index (χ0n) is 15.0. The first kappa shape index (κ1) is 16.4. The highest BCUT2D eigenvalue weighted by Crippen LogP contribution is 2.42. The predicted molar refractivity (Wildman–Crippen MR) is 97.6 cm³/mol. The number of hydrogen-bond acceptors (Lipinski definition) is 5. The van der Waals surface area contributed by atoms with Crippen molar-refractivity contribution in [3.63, 3.8) is 0 Å². The van der Waals surface area contributed by atoms with Gasteiger partial charge in [0.05, 0.1) is 11.4 Å². The fourth-order valence-corrected chi connectivity index (χ4v) is 3.32. The van der Waals surface area contributed by atoms with Gasteiger partial charge in [-0.05, 0) is 18.2 Å². The summed E-state index contributed by atoms with van der Waals surface area (Å²) >= 11 is 0. The lowest BCUT2D eigenvalue weighted by atomic mass is 9.87. The number of rotatable bonds is 3. The van der Waals surface area contributed by atoms with Gasteiger partial charge >= 0.3 is 0 Å². The molecule has 132 valence electrons. The number of amides is 1. The van der Waals surface area contributed by atoms with Crippen LogP contribution in [0, 0.1) is 0 Å². The van der Waals surface area contributed by atoms with Crippen molar-refractivity contribution >= 4 is 11.7 Å². The molecule has 1 N–H and O–H groups in total. The summed E-state index contributed by atoms with van der Waals surface area (Å²) in [6.45, 7) is 4.12. The maximum absolute atomic E-state index is 12.3. The van der Waals surface area contributed by atoms with Crippen LogP contribution >= 0.6 is 0 Å². The summed E-state index contributed by atoms with van der Waals surface area (Å²) in [7, 11) is 1.83. The van der Waals surface area contributed by atoms with Crippen LogP contribution in [0.25, 0.3) is 11.3 Å². The summed E-state index contributed by atoms with van der Waals surface area (Å²) in [4.78, 5) is 25.6. The second-order valence-electron chi connectivity index (χ2n) is 6.78. The average Bonchev–Trinajstić information content (AvgIpc) is 2.98. The summed E-state index contributed by atoms with van der Waals surface area (Å²) in [6.07, 6.45) is 5.62. The number of nitrogens with one attached hydrogen (secondary N) is 1. The molecular formula is C19H20N6O. The van der Waals surface area contributed by atoms with Crippen molar-refractivity contribution in [1.82, 2.24) is 24.7 Å². The number of aryl methyl sites for hydroxylation is 1. The monoisotopic (exact) mass is 348 g/mol. The molecule has 1 aliphatic rings. The normalized spacial score (nSPS) is 16.5. The van der Waals surface area contributed by atoms with Crippen molar-refractivity contribution in [2.24, 2.45) is 7.05 Å². The molecule has 4 heterocycles. The van der Waals surface area contributed by atoms with Gasteiger partial charge in [0.2, 0.25) is 5.91 Å². The molecule has 3 aromatic heterocycles. The van der Waals surface area contributed by atoms with Gasteiger partial charge in [0, 0.05) is 55.0 Å². The first-order valence-electron chi connectivity index (χ1n) is 8.64. The molecule has 0 bridgehead atoms. The molecule has 1 atom stereocenters. The van der Waals surface area contributed by atoms with E-state index >= 15 is 0 Å². The van der Waals surface area contributed by atoms with Crippen molar-refractivity contribution in [2.45, 2.75) is 32.1 Å². The van der Waals surface area contributed by atoms with Gasteiger partial charge in [-0.1, -0.05) is 13.8 Å². The van der Waals surface area contributed by atoms with Crippen molar-refractivity contribution < 1.29 is 4.79 Å². The standard InChI is InChI=1S/C19H20N6O/c1-11(2)18-21-8-6-14(22-18)13-9-15(26)23-19-16(13)17(24-25(19)3)12-5-4-7-20-10-12/h4-8,10-11,13H,9H2,1-3H3,(H,23,26)/t13-/m0/s1. The van der Waals surface area contributed by atoms with Crippen molar-refractivity contribution in [2.75, 3.05) is 5.32 Å². The quantitative estimate of drug-likeness (QED) is 0.786. The molecule has 1 amide bonds. The van der Waals surface area contributed by atoms with Crippen LogP contribution in [-0.2, 0) is 11.8 Å². The molecule has 0 radical (unpaired) electrons. The number of anilines is 1. The van der Waals surface area contributed by atoms with E-state index in [9.17, 15) is 4.79 Å². The molecule has 1 aliphatic heterocycles. The lowest BCUT2D eigenvalue weighted by molar-refractivity contribution is -0.116. The van der Waals surface area contributed by atoms with E-state index in [1.165, 1.54) is 0 Å². The third kappa shape index (κ3) is 2.75. The van der Waals surface area contributed by atoms with E-state index in [4.69, 9.17) is 4.98 Å². The molecule has 0 unspecified atom stereocenters. The van der Waals surface area contributed by atoms with Crippen LogP contribution in [0.1, 0.15) is 49.2 Å². The highest BCUT2D eigenvalue weighted by Gasteiger charge is 2.34. The molecule has 7 heteroatoms. The first-order valence-corrected chi connectivity index (χ1v) is 8.64. The van der Waals surface area contributed by atoms with E-state index in [-0.39, 0.29) is 17.7 Å². The number of nitrogens with zero attached hydrogens (tertiary/aromatic N) is 5. The zero-order chi connectivity index (χ0) is 18.3. The van der Waals surface area contributed by atoms with Gasteiger partial charge < -0.3 is 5.32 Å². The Morgan fingerprint density at radius 2 is 2.12 bits per heavy atom. The summed E-state index contributed by atoms with van der Waals surface area (Å²) in [6, 6.07) is 5.75. The number of hydrogen-bond donors (Lipinski definition) is 1. The summed E-state index contributed by atoms with van der Waals surface area (Å²) < 4.78 is 1.71. The van der Waals surface area contributed by atoms with E-state index in [2.05, 4.69) is 34.2 Å². The van der Waals surface area contributed by atoms with Crippen molar-refractivity contribution in [3.05, 3.63) is 53.9 Å². The molecular weight excluding hydrogens is 328 g/mol. The van der Waals surface area contributed by atoms with Gasteiger partial charge in [-0.3, -0.25) is 14.5 Å². The fourth-order valence-electron chi connectivity index (χ4n) is 3.32. The highest BCUT2D eigenvalue weighted by molar-refractivity contribution is 5.96. The Kier molecular flexibility index (Phi) is 3.99. The molecule has 0 saturated heterocycles. The van der Waals surface area contributed by atoms with Crippen molar-refractivity contribution in [1.29, 1.82) is 0 Å². The summed E-state index contributed by atoms with van der Waals surface area (Å²) in [5.74, 6) is 1.52. The molecule has 26 heavy (non-hydrogen) atoms. The number of carbonyl (C=O) groups excluding carboxylic acids is 1. The smallest absolute Gasteiger partial charge is 0.226 e. The van der Waals surface area contributed by atoms with Crippen LogP contribution in [0.2, 0.25) is 0 Å². The second-order valence-corrected chi connectivity index (χ2v) is 6.78. The van der Waals surface area contributed by atoms with Crippen LogP contribution in [0.4, 0.5) is 5.82 Å². The van der Waals surface area contributed by atoms with Crippen LogP contribution in [0.15, 0.2) is 36.8 Å². The molecule has 3 aromatic rings. The Morgan fingerprint density at radius 1 is 1.27 bits per heavy atom. The Hall–Kier alpha value is -3.09. The van der Waals surface area contributed by atoms with Gasteiger partial charge in [0.25, 0.3) is 0 Å². The largest absolute Gasteiger partial charge is 0.311 e. The molecule has 0 aromatic carbocycles. The second kappa shape index (κ2) is 6.33. The summed E-state index contributed by atoms with van der Waals surface area (Å²) in [5.41, 5.74) is 3.57. The topological polar surface area (TPSA) is 85.6 Å². The third-order valence-corrected chi connectivity index (χ3v) is 4.58. The van der Waals surface area contributed by atoms with E-state index in [1.54, 1.807) is 23.3 Å².